The van der Waals surface area contributed by atoms with E-state index in [-0.39, 0.29) is 5.69 Å². The van der Waals surface area contributed by atoms with Gasteiger partial charge in [-0.1, -0.05) is 6.92 Å². The highest BCUT2D eigenvalue weighted by atomic mass is 16.4. The van der Waals surface area contributed by atoms with Gasteiger partial charge in [-0.3, -0.25) is 0 Å². The number of aromatic nitrogens is 1. The van der Waals surface area contributed by atoms with Gasteiger partial charge in [-0.25, -0.2) is 4.79 Å². The molecule has 0 spiro atoms. The summed E-state index contributed by atoms with van der Waals surface area (Å²) in [6.45, 7) is 2.51. The highest BCUT2D eigenvalue weighted by Gasteiger charge is 2.11. The van der Waals surface area contributed by atoms with Crippen molar-refractivity contribution in [3.63, 3.8) is 0 Å². The van der Waals surface area contributed by atoms with Gasteiger partial charge in [0.15, 0.2) is 0 Å². The van der Waals surface area contributed by atoms with Crippen molar-refractivity contribution in [3.05, 3.63) is 47.7 Å². The highest BCUT2D eigenvalue weighted by Crippen LogP contribution is 2.14. The number of hydrogen-bond donors (Lipinski definition) is 1. The molecule has 1 N–H and O–H groups in total. The summed E-state index contributed by atoms with van der Waals surface area (Å²) in [5, 5.41) is 8.96. The number of aromatic carboxylic acids is 1. The van der Waals surface area contributed by atoms with E-state index >= 15 is 0 Å². The molecule has 2 aromatic rings. The van der Waals surface area contributed by atoms with Crippen molar-refractivity contribution in [2.24, 2.45) is 0 Å². The van der Waals surface area contributed by atoms with Crippen molar-refractivity contribution in [2.45, 2.75) is 19.9 Å². The van der Waals surface area contributed by atoms with Crippen LogP contribution >= 0.6 is 0 Å². The first kappa shape index (κ1) is 10.5. The Morgan fingerprint density at radius 3 is 3.00 bits per heavy atom. The molecule has 2 heterocycles. The van der Waals surface area contributed by atoms with Crippen LogP contribution in [0, 0.1) is 0 Å². The summed E-state index contributed by atoms with van der Waals surface area (Å²) >= 11 is 0. The van der Waals surface area contributed by atoms with Crippen LogP contribution in [0.3, 0.4) is 0 Å². The second kappa shape index (κ2) is 4.26. The molecule has 0 saturated carbocycles. The molecule has 0 atom stereocenters. The second-order valence-electron chi connectivity index (χ2n) is 3.55. The molecule has 0 fully saturated rings. The van der Waals surface area contributed by atoms with Gasteiger partial charge in [-0.05, 0) is 30.2 Å². The van der Waals surface area contributed by atoms with E-state index in [9.17, 15) is 4.79 Å². The Hall–Kier alpha value is -1.97. The number of rotatable bonds is 4. The summed E-state index contributed by atoms with van der Waals surface area (Å²) in [6, 6.07) is 5.22. The highest BCUT2D eigenvalue weighted by molar-refractivity contribution is 5.85. The van der Waals surface area contributed by atoms with Crippen LogP contribution in [0.15, 0.2) is 35.1 Å². The molecule has 84 valence electrons. The first-order valence-electron chi connectivity index (χ1n) is 5.16. The van der Waals surface area contributed by atoms with Gasteiger partial charge in [0.2, 0.25) is 0 Å². The topological polar surface area (TPSA) is 55.4 Å². The van der Waals surface area contributed by atoms with Crippen LogP contribution in [0.5, 0.6) is 0 Å². The van der Waals surface area contributed by atoms with Gasteiger partial charge in [0.05, 0.1) is 12.8 Å². The Balaban J connectivity index is 2.27. The molecule has 16 heavy (non-hydrogen) atoms. The smallest absolute Gasteiger partial charge is 0.352 e. The third-order valence-electron chi connectivity index (χ3n) is 2.58. The summed E-state index contributed by atoms with van der Waals surface area (Å²) in [4.78, 5) is 10.9. The SMILES string of the molecule is CCc1ccoc1Cn1cccc1C(=O)O. The molecule has 4 heteroatoms. The van der Waals surface area contributed by atoms with Crippen LogP contribution in [-0.2, 0) is 13.0 Å². The summed E-state index contributed by atoms with van der Waals surface area (Å²) in [5.41, 5.74) is 1.39. The van der Waals surface area contributed by atoms with Crippen LogP contribution in [0.1, 0.15) is 28.7 Å². The van der Waals surface area contributed by atoms with Gasteiger partial charge in [-0.2, -0.15) is 0 Å². The van der Waals surface area contributed by atoms with Crippen molar-refractivity contribution in [2.75, 3.05) is 0 Å². The summed E-state index contributed by atoms with van der Waals surface area (Å²) in [7, 11) is 0. The molecular weight excluding hydrogens is 206 g/mol. The van der Waals surface area contributed by atoms with Gasteiger partial charge < -0.3 is 14.1 Å². The first-order valence-corrected chi connectivity index (χ1v) is 5.16. The number of hydrogen-bond acceptors (Lipinski definition) is 2. The van der Waals surface area contributed by atoms with Crippen molar-refractivity contribution in [3.8, 4) is 0 Å². The molecule has 0 radical (unpaired) electrons. The Morgan fingerprint density at radius 2 is 2.31 bits per heavy atom. The molecule has 0 aromatic carbocycles. The molecule has 2 rings (SSSR count). The average molecular weight is 219 g/mol. The summed E-state index contributed by atoms with van der Waals surface area (Å²) < 4.78 is 7.02. The molecule has 0 aliphatic carbocycles. The fourth-order valence-electron chi connectivity index (χ4n) is 1.72. The van der Waals surface area contributed by atoms with E-state index in [0.717, 1.165) is 17.7 Å². The minimum atomic E-state index is -0.922. The third kappa shape index (κ3) is 1.86. The summed E-state index contributed by atoms with van der Waals surface area (Å²) in [5.74, 6) is -0.101. The largest absolute Gasteiger partial charge is 0.477 e. The van der Waals surface area contributed by atoms with Gasteiger partial charge in [-0.15, -0.1) is 0 Å². The Kier molecular flexibility index (Phi) is 2.81. The van der Waals surface area contributed by atoms with E-state index in [1.165, 1.54) is 0 Å². The monoisotopic (exact) mass is 219 g/mol. The van der Waals surface area contributed by atoms with Crippen LogP contribution in [-0.4, -0.2) is 15.6 Å². The maximum absolute atomic E-state index is 10.9. The Morgan fingerprint density at radius 1 is 1.50 bits per heavy atom. The standard InChI is InChI=1S/C12H13NO3/c1-2-9-5-7-16-11(9)8-13-6-3-4-10(13)12(14)15/h3-7H,2,8H2,1H3,(H,14,15). The first-order chi connectivity index (χ1) is 7.72. The van der Waals surface area contributed by atoms with Crippen LogP contribution in [0.2, 0.25) is 0 Å². The van der Waals surface area contributed by atoms with E-state index in [2.05, 4.69) is 0 Å². The lowest BCUT2D eigenvalue weighted by molar-refractivity contribution is 0.0685. The van der Waals surface area contributed by atoms with Crippen molar-refractivity contribution < 1.29 is 14.3 Å². The molecular formula is C12H13NO3. The van der Waals surface area contributed by atoms with Gasteiger partial charge in [0.25, 0.3) is 0 Å². The van der Waals surface area contributed by atoms with E-state index < -0.39 is 5.97 Å². The Bertz CT molecular complexity index is 496. The second-order valence-corrected chi connectivity index (χ2v) is 3.55. The molecule has 2 aromatic heterocycles. The van der Waals surface area contributed by atoms with Crippen molar-refractivity contribution >= 4 is 5.97 Å². The molecule has 0 aliphatic heterocycles. The molecule has 4 nitrogen and oxygen atoms in total. The molecule has 0 unspecified atom stereocenters. The average Bonchev–Trinajstić information content (AvgIpc) is 2.86. The van der Waals surface area contributed by atoms with E-state index in [0.29, 0.717) is 6.54 Å². The van der Waals surface area contributed by atoms with Crippen LogP contribution < -0.4 is 0 Å². The van der Waals surface area contributed by atoms with E-state index in [1.54, 1.807) is 29.2 Å². The summed E-state index contributed by atoms with van der Waals surface area (Å²) in [6.07, 6.45) is 4.26. The zero-order valence-corrected chi connectivity index (χ0v) is 9.01. The zero-order valence-electron chi connectivity index (χ0n) is 9.01. The number of carboxylic acid groups (broad SMARTS) is 1. The number of carbonyl (C=O) groups is 1. The zero-order chi connectivity index (χ0) is 11.5. The third-order valence-corrected chi connectivity index (χ3v) is 2.58. The Labute approximate surface area is 93.1 Å². The quantitative estimate of drug-likeness (QED) is 0.858. The minimum Gasteiger partial charge on any atom is -0.477 e. The number of aryl methyl sites for hydroxylation is 1. The lowest BCUT2D eigenvalue weighted by atomic mass is 10.2. The van der Waals surface area contributed by atoms with Crippen LogP contribution in [0.4, 0.5) is 0 Å². The number of furan rings is 1. The molecule has 0 bridgehead atoms. The predicted molar refractivity (Wildman–Crippen MR) is 58.6 cm³/mol. The fraction of sp³-hybridized carbons (Fsp3) is 0.250. The van der Waals surface area contributed by atoms with Crippen LogP contribution in [0.25, 0.3) is 0 Å². The molecule has 0 aliphatic rings. The maximum atomic E-state index is 10.9. The van der Waals surface area contributed by atoms with E-state index in [4.69, 9.17) is 9.52 Å². The number of nitrogens with zero attached hydrogens (tertiary/aromatic N) is 1. The lowest BCUT2D eigenvalue weighted by Gasteiger charge is -2.05. The minimum absolute atomic E-state index is 0.276. The fourth-order valence-corrected chi connectivity index (χ4v) is 1.72. The van der Waals surface area contributed by atoms with Gasteiger partial charge >= 0.3 is 5.97 Å². The predicted octanol–water partition coefficient (Wildman–Crippen LogP) is 2.39. The van der Waals surface area contributed by atoms with Gasteiger partial charge in [0, 0.05) is 6.20 Å². The molecule has 0 amide bonds. The lowest BCUT2D eigenvalue weighted by Crippen LogP contribution is -2.08. The maximum Gasteiger partial charge on any atom is 0.352 e. The normalized spacial score (nSPS) is 10.6. The van der Waals surface area contributed by atoms with Gasteiger partial charge in [0.1, 0.15) is 11.5 Å². The number of carboxylic acids is 1. The van der Waals surface area contributed by atoms with Crippen molar-refractivity contribution in [1.82, 2.24) is 4.57 Å². The van der Waals surface area contributed by atoms with E-state index in [1.807, 2.05) is 13.0 Å². The van der Waals surface area contributed by atoms with Crippen molar-refractivity contribution in [1.29, 1.82) is 0 Å². The molecule has 0 saturated heterocycles.